The Morgan fingerprint density at radius 2 is 1.00 bits per heavy atom. The van der Waals surface area contributed by atoms with Crippen LogP contribution < -0.4 is 0 Å². The molecule has 1 aliphatic heterocycles. The first-order chi connectivity index (χ1) is 13.2. The molecule has 1 heterocycles. The van der Waals surface area contributed by atoms with Gasteiger partial charge in [-0.15, -0.1) is 0 Å². The molecule has 1 aliphatic rings. The fourth-order valence-corrected chi connectivity index (χ4v) is 4.80. The lowest BCUT2D eigenvalue weighted by Gasteiger charge is -2.04. The molecule has 160 valence electrons. The van der Waals surface area contributed by atoms with Gasteiger partial charge in [0.2, 0.25) is 0 Å². The molecule has 2 nitrogen and oxygen atoms in total. The molecule has 0 spiro atoms. The maximum absolute atomic E-state index is 11.0. The molecule has 3 heteroatoms. The highest BCUT2D eigenvalue weighted by Gasteiger charge is 2.32. The summed E-state index contributed by atoms with van der Waals surface area (Å²) >= 11 is 2.17. The van der Waals surface area contributed by atoms with Gasteiger partial charge in [-0.2, -0.15) is 11.8 Å². The summed E-state index contributed by atoms with van der Waals surface area (Å²) in [5.74, 6) is -0.0622. The second kappa shape index (κ2) is 17.9. The number of methoxy groups -OCH3 is 1. The zero-order valence-corrected chi connectivity index (χ0v) is 19.1. The Balaban J connectivity index is 1.62. The van der Waals surface area contributed by atoms with Gasteiger partial charge in [0, 0.05) is 16.9 Å². The van der Waals surface area contributed by atoms with Crippen molar-refractivity contribution in [2.75, 3.05) is 7.11 Å². The Morgan fingerprint density at radius 1 is 0.667 bits per heavy atom. The van der Waals surface area contributed by atoms with Crippen molar-refractivity contribution in [3.63, 3.8) is 0 Å². The predicted octanol–water partition coefficient (Wildman–Crippen LogP) is 8.08. The first kappa shape index (κ1) is 24.9. The average Bonchev–Trinajstić information content (AvgIpc) is 3.38. The van der Waals surface area contributed by atoms with Crippen molar-refractivity contribution in [3.8, 4) is 0 Å². The van der Waals surface area contributed by atoms with E-state index in [1.807, 2.05) is 0 Å². The van der Waals surface area contributed by atoms with E-state index >= 15 is 0 Å². The first-order valence-corrected chi connectivity index (χ1v) is 12.9. The number of thioether (sulfide) groups is 1. The van der Waals surface area contributed by atoms with Crippen molar-refractivity contribution in [1.29, 1.82) is 0 Å². The normalized spacial score (nSPS) is 18.6. The number of carbonyl (C=O) groups is 1. The number of unbranched alkanes of at least 4 members (excludes halogenated alkanes) is 16. The monoisotopic (exact) mass is 398 g/mol. The van der Waals surface area contributed by atoms with Crippen LogP contribution in [0.2, 0.25) is 0 Å². The number of hydrogen-bond donors (Lipinski definition) is 0. The predicted molar refractivity (Wildman–Crippen MR) is 121 cm³/mol. The van der Waals surface area contributed by atoms with E-state index in [9.17, 15) is 4.79 Å². The molecule has 0 saturated carbocycles. The molecular formula is C24H46O2S. The quantitative estimate of drug-likeness (QED) is 0.118. The summed E-state index contributed by atoms with van der Waals surface area (Å²) in [6.07, 6.45) is 25.6. The Bertz CT molecular complexity index is 345. The van der Waals surface area contributed by atoms with Gasteiger partial charge in [-0.1, -0.05) is 110 Å². The minimum atomic E-state index is -0.0622. The van der Waals surface area contributed by atoms with E-state index in [0.717, 1.165) is 16.9 Å². The molecule has 0 aromatic rings. The van der Waals surface area contributed by atoms with E-state index in [4.69, 9.17) is 0 Å². The highest BCUT2D eigenvalue weighted by atomic mass is 32.2. The second-order valence-electron chi connectivity index (χ2n) is 8.50. The Hall–Kier alpha value is -0.180. The molecule has 0 aromatic heterocycles. The molecule has 0 radical (unpaired) electrons. The van der Waals surface area contributed by atoms with Gasteiger partial charge in [-0.05, 0) is 12.8 Å². The molecule has 0 aliphatic carbocycles. The molecule has 1 saturated heterocycles. The summed E-state index contributed by atoms with van der Waals surface area (Å²) in [4.78, 5) is 11.0. The summed E-state index contributed by atoms with van der Waals surface area (Å²) in [6.45, 7) is 2.37. The largest absolute Gasteiger partial charge is 0.469 e. The smallest absolute Gasteiger partial charge is 0.305 e. The lowest BCUT2D eigenvalue weighted by molar-refractivity contribution is -0.140. The van der Waals surface area contributed by atoms with Gasteiger partial charge in [0.1, 0.15) is 0 Å². The number of esters is 1. The highest BCUT2D eigenvalue weighted by molar-refractivity contribution is 8.07. The third-order valence-electron chi connectivity index (χ3n) is 5.93. The summed E-state index contributed by atoms with van der Waals surface area (Å²) in [6, 6.07) is 0. The summed E-state index contributed by atoms with van der Waals surface area (Å²) in [5, 5.41) is 1.98. The van der Waals surface area contributed by atoms with E-state index in [-0.39, 0.29) is 5.97 Å². The van der Waals surface area contributed by atoms with Crippen LogP contribution in [0.3, 0.4) is 0 Å². The zero-order chi connectivity index (χ0) is 19.6. The molecule has 0 bridgehead atoms. The van der Waals surface area contributed by atoms with E-state index < -0.39 is 0 Å². The van der Waals surface area contributed by atoms with Gasteiger partial charge in [-0.3, -0.25) is 4.79 Å². The summed E-state index contributed by atoms with van der Waals surface area (Å²) in [5.41, 5.74) is 0. The van der Waals surface area contributed by atoms with Crippen LogP contribution in [0.15, 0.2) is 0 Å². The standard InChI is InChI=1S/C24H46O2S/c1-22-23(27-22)20-18-16-14-12-10-8-6-4-3-5-7-9-11-13-15-17-19-21-24(25)26-2/h22-23H,3-21H2,1-2H3. The molecule has 0 N–H and O–H groups in total. The number of hydrogen-bond acceptors (Lipinski definition) is 3. The van der Waals surface area contributed by atoms with Crippen LogP contribution in [-0.4, -0.2) is 23.6 Å². The summed E-state index contributed by atoms with van der Waals surface area (Å²) < 4.78 is 4.66. The number of carbonyl (C=O) groups excluding carboxylic acids is 1. The lowest BCUT2D eigenvalue weighted by atomic mass is 10.0. The van der Waals surface area contributed by atoms with Crippen LogP contribution in [-0.2, 0) is 9.53 Å². The van der Waals surface area contributed by atoms with Gasteiger partial charge < -0.3 is 4.74 Å². The molecule has 27 heavy (non-hydrogen) atoms. The van der Waals surface area contributed by atoms with Crippen LogP contribution in [0.5, 0.6) is 0 Å². The van der Waals surface area contributed by atoms with Gasteiger partial charge in [0.15, 0.2) is 0 Å². The van der Waals surface area contributed by atoms with Crippen LogP contribution in [0.1, 0.15) is 129 Å². The second-order valence-corrected chi connectivity index (χ2v) is 10.1. The van der Waals surface area contributed by atoms with Crippen LogP contribution in [0, 0.1) is 0 Å². The van der Waals surface area contributed by atoms with Gasteiger partial charge in [0.25, 0.3) is 0 Å². The average molecular weight is 399 g/mol. The van der Waals surface area contributed by atoms with Crippen molar-refractivity contribution in [1.82, 2.24) is 0 Å². The molecule has 0 aromatic carbocycles. The third-order valence-corrected chi connectivity index (χ3v) is 7.37. The SMILES string of the molecule is COC(=O)CCCCCCCCCCCCCCCCCCCC1SC1C. The molecule has 1 rings (SSSR count). The minimum absolute atomic E-state index is 0.0622. The lowest BCUT2D eigenvalue weighted by Crippen LogP contribution is -1.99. The Kier molecular flexibility index (Phi) is 16.5. The maximum Gasteiger partial charge on any atom is 0.305 e. The van der Waals surface area contributed by atoms with Crippen LogP contribution >= 0.6 is 11.8 Å². The number of ether oxygens (including phenoxy) is 1. The van der Waals surface area contributed by atoms with Gasteiger partial charge in [-0.25, -0.2) is 0 Å². The van der Waals surface area contributed by atoms with Crippen LogP contribution in [0.25, 0.3) is 0 Å². The summed E-state index contributed by atoms with van der Waals surface area (Å²) in [7, 11) is 1.47. The van der Waals surface area contributed by atoms with E-state index in [1.54, 1.807) is 0 Å². The molecular weight excluding hydrogens is 352 g/mol. The highest BCUT2D eigenvalue weighted by Crippen LogP contribution is 2.43. The molecule has 0 amide bonds. The zero-order valence-electron chi connectivity index (χ0n) is 18.3. The van der Waals surface area contributed by atoms with Crippen molar-refractivity contribution in [2.45, 2.75) is 139 Å². The minimum Gasteiger partial charge on any atom is -0.469 e. The Morgan fingerprint density at radius 3 is 1.33 bits per heavy atom. The maximum atomic E-state index is 11.0. The van der Waals surface area contributed by atoms with E-state index in [1.165, 1.54) is 116 Å². The Labute approximate surface area is 174 Å². The fraction of sp³-hybridized carbons (Fsp3) is 0.958. The molecule has 1 fully saturated rings. The number of rotatable bonds is 20. The molecule has 2 atom stereocenters. The van der Waals surface area contributed by atoms with Crippen LogP contribution in [0.4, 0.5) is 0 Å². The van der Waals surface area contributed by atoms with Crippen molar-refractivity contribution in [3.05, 3.63) is 0 Å². The van der Waals surface area contributed by atoms with Gasteiger partial charge in [0.05, 0.1) is 7.11 Å². The van der Waals surface area contributed by atoms with E-state index in [2.05, 4.69) is 23.4 Å². The first-order valence-electron chi connectivity index (χ1n) is 12.0. The van der Waals surface area contributed by atoms with Gasteiger partial charge >= 0.3 is 5.97 Å². The topological polar surface area (TPSA) is 26.3 Å². The molecule has 2 unspecified atom stereocenters. The van der Waals surface area contributed by atoms with Crippen molar-refractivity contribution >= 4 is 17.7 Å². The van der Waals surface area contributed by atoms with Crippen molar-refractivity contribution < 1.29 is 9.53 Å². The fourth-order valence-electron chi connectivity index (χ4n) is 3.90. The third kappa shape index (κ3) is 16.5. The van der Waals surface area contributed by atoms with E-state index in [0.29, 0.717) is 6.42 Å². The van der Waals surface area contributed by atoms with Crippen molar-refractivity contribution in [2.24, 2.45) is 0 Å².